The molecular weight excluding hydrogens is 209 g/mol. The van der Waals surface area contributed by atoms with E-state index in [2.05, 4.69) is 10.3 Å². The average molecular weight is 223 g/mol. The Hall–Kier alpha value is -1.33. The predicted molar refractivity (Wildman–Crippen MR) is 57.8 cm³/mol. The van der Waals surface area contributed by atoms with Crippen LogP contribution in [0, 0.1) is 5.82 Å². The fourth-order valence-corrected chi connectivity index (χ4v) is 1.76. The van der Waals surface area contributed by atoms with Crippen LogP contribution < -0.4 is 5.32 Å². The highest BCUT2D eigenvalue weighted by Crippen LogP contribution is 2.06. The van der Waals surface area contributed by atoms with Gasteiger partial charge in [-0.3, -0.25) is 14.7 Å². The number of hydrogen-bond donors (Lipinski definition) is 1. The molecule has 5 heteroatoms. The Morgan fingerprint density at radius 2 is 2.25 bits per heavy atom. The number of carbonyl (C=O) groups excluding carboxylic acids is 1. The summed E-state index contributed by atoms with van der Waals surface area (Å²) in [5.74, 6) is -0.718. The predicted octanol–water partition coefficient (Wildman–Crippen LogP) is 0.309. The molecule has 0 saturated carbocycles. The van der Waals surface area contributed by atoms with Gasteiger partial charge in [0.1, 0.15) is 0 Å². The SMILES string of the molecule is O=C(CN1CCNCC1)c1ccncc1F. The number of ketones is 1. The van der Waals surface area contributed by atoms with Crippen LogP contribution in [0.25, 0.3) is 0 Å². The van der Waals surface area contributed by atoms with E-state index in [1.165, 1.54) is 12.3 Å². The van der Waals surface area contributed by atoms with Gasteiger partial charge in [0.05, 0.1) is 18.3 Å². The molecule has 4 nitrogen and oxygen atoms in total. The number of carbonyl (C=O) groups is 1. The highest BCUT2D eigenvalue weighted by Gasteiger charge is 2.17. The fourth-order valence-electron chi connectivity index (χ4n) is 1.76. The molecule has 16 heavy (non-hydrogen) atoms. The molecule has 0 radical (unpaired) electrons. The van der Waals surface area contributed by atoms with E-state index in [9.17, 15) is 9.18 Å². The van der Waals surface area contributed by atoms with Gasteiger partial charge in [0.15, 0.2) is 11.6 Å². The molecule has 0 atom stereocenters. The smallest absolute Gasteiger partial charge is 0.179 e. The number of aromatic nitrogens is 1. The van der Waals surface area contributed by atoms with Crippen LogP contribution in [0.2, 0.25) is 0 Å². The van der Waals surface area contributed by atoms with Crippen LogP contribution in [-0.4, -0.2) is 48.4 Å². The van der Waals surface area contributed by atoms with Crippen LogP contribution >= 0.6 is 0 Å². The minimum absolute atomic E-state index is 0.133. The van der Waals surface area contributed by atoms with Crippen LogP contribution in [0.1, 0.15) is 10.4 Å². The summed E-state index contributed by atoms with van der Waals surface area (Å²) in [7, 11) is 0. The van der Waals surface area contributed by atoms with Crippen molar-refractivity contribution in [1.82, 2.24) is 15.2 Å². The molecule has 0 aliphatic carbocycles. The van der Waals surface area contributed by atoms with E-state index in [4.69, 9.17) is 0 Å². The van der Waals surface area contributed by atoms with Gasteiger partial charge in [-0.05, 0) is 6.07 Å². The zero-order valence-corrected chi connectivity index (χ0v) is 8.95. The number of nitrogens with one attached hydrogen (secondary N) is 1. The third-order valence-electron chi connectivity index (χ3n) is 2.65. The molecule has 0 spiro atoms. The number of halogens is 1. The lowest BCUT2D eigenvalue weighted by Gasteiger charge is -2.26. The lowest BCUT2D eigenvalue weighted by atomic mass is 10.1. The van der Waals surface area contributed by atoms with Gasteiger partial charge in [0.2, 0.25) is 0 Å². The zero-order chi connectivity index (χ0) is 11.4. The molecule has 1 aromatic rings. The summed E-state index contributed by atoms with van der Waals surface area (Å²) in [6, 6.07) is 1.43. The summed E-state index contributed by atoms with van der Waals surface area (Å²) in [4.78, 5) is 17.5. The van der Waals surface area contributed by atoms with E-state index in [1.807, 2.05) is 4.90 Å². The molecule has 1 aliphatic rings. The van der Waals surface area contributed by atoms with E-state index in [1.54, 1.807) is 0 Å². The molecule has 2 rings (SSSR count). The molecule has 1 N–H and O–H groups in total. The summed E-state index contributed by atoms with van der Waals surface area (Å²) in [6.07, 6.45) is 2.51. The normalized spacial score (nSPS) is 17.3. The lowest BCUT2D eigenvalue weighted by Crippen LogP contribution is -2.45. The van der Waals surface area contributed by atoms with Gasteiger partial charge in [-0.25, -0.2) is 4.39 Å². The number of rotatable bonds is 3. The average Bonchev–Trinajstić information content (AvgIpc) is 2.31. The highest BCUT2D eigenvalue weighted by molar-refractivity contribution is 5.97. The van der Waals surface area contributed by atoms with Crippen LogP contribution in [0.3, 0.4) is 0 Å². The molecule has 1 saturated heterocycles. The standard InChI is InChI=1S/C11H14FN3O/c12-10-7-14-2-1-9(10)11(16)8-15-5-3-13-4-6-15/h1-2,7,13H,3-6,8H2. The fraction of sp³-hybridized carbons (Fsp3) is 0.455. The van der Waals surface area contributed by atoms with E-state index >= 15 is 0 Å². The number of piperazine rings is 1. The van der Waals surface area contributed by atoms with Crippen molar-refractivity contribution in [1.29, 1.82) is 0 Å². The first-order chi connectivity index (χ1) is 7.77. The largest absolute Gasteiger partial charge is 0.314 e. The van der Waals surface area contributed by atoms with E-state index in [-0.39, 0.29) is 17.9 Å². The van der Waals surface area contributed by atoms with Crippen molar-refractivity contribution < 1.29 is 9.18 Å². The Balaban J connectivity index is 2.00. The van der Waals surface area contributed by atoms with Crippen LogP contribution in [0.5, 0.6) is 0 Å². The molecular formula is C11H14FN3O. The Morgan fingerprint density at radius 3 is 2.94 bits per heavy atom. The van der Waals surface area contributed by atoms with Crippen molar-refractivity contribution in [3.05, 3.63) is 29.8 Å². The first kappa shape index (κ1) is 11.2. The molecule has 1 aliphatic heterocycles. The number of hydrogen-bond acceptors (Lipinski definition) is 4. The van der Waals surface area contributed by atoms with Gasteiger partial charge >= 0.3 is 0 Å². The second-order valence-corrected chi connectivity index (χ2v) is 3.80. The minimum Gasteiger partial charge on any atom is -0.314 e. The van der Waals surface area contributed by atoms with Gasteiger partial charge in [-0.2, -0.15) is 0 Å². The minimum atomic E-state index is -0.539. The van der Waals surface area contributed by atoms with E-state index in [0.29, 0.717) is 0 Å². The molecule has 0 bridgehead atoms. The number of Topliss-reactive ketones (excluding diaryl/α,β-unsaturated/α-hetero) is 1. The van der Waals surface area contributed by atoms with Crippen molar-refractivity contribution in [3.63, 3.8) is 0 Å². The molecule has 1 aromatic heterocycles. The monoisotopic (exact) mass is 223 g/mol. The summed E-state index contributed by atoms with van der Waals surface area (Å²) in [6.45, 7) is 3.71. The van der Waals surface area contributed by atoms with Crippen LogP contribution in [0.15, 0.2) is 18.5 Å². The van der Waals surface area contributed by atoms with Gasteiger partial charge in [0, 0.05) is 32.4 Å². The second-order valence-electron chi connectivity index (χ2n) is 3.80. The summed E-state index contributed by atoms with van der Waals surface area (Å²) in [5.41, 5.74) is 0.133. The maximum atomic E-state index is 13.3. The number of nitrogens with zero attached hydrogens (tertiary/aromatic N) is 2. The first-order valence-corrected chi connectivity index (χ1v) is 5.33. The second kappa shape index (κ2) is 5.14. The quantitative estimate of drug-likeness (QED) is 0.749. The Labute approximate surface area is 93.5 Å². The Morgan fingerprint density at radius 1 is 1.50 bits per heavy atom. The highest BCUT2D eigenvalue weighted by atomic mass is 19.1. The summed E-state index contributed by atoms with van der Waals surface area (Å²) >= 11 is 0. The number of pyridine rings is 1. The molecule has 1 fully saturated rings. The van der Waals surface area contributed by atoms with Crippen LogP contribution in [-0.2, 0) is 0 Å². The summed E-state index contributed by atoms with van der Waals surface area (Å²) in [5, 5.41) is 3.20. The Bertz CT molecular complexity index is 377. The van der Waals surface area contributed by atoms with Crippen molar-refractivity contribution in [2.24, 2.45) is 0 Å². The third-order valence-corrected chi connectivity index (χ3v) is 2.65. The Kier molecular flexibility index (Phi) is 3.58. The van der Waals surface area contributed by atoms with Gasteiger partial charge in [-0.15, -0.1) is 0 Å². The van der Waals surface area contributed by atoms with Gasteiger partial charge in [-0.1, -0.05) is 0 Å². The summed E-state index contributed by atoms with van der Waals surface area (Å²) < 4.78 is 13.3. The molecule has 0 unspecified atom stereocenters. The van der Waals surface area contributed by atoms with Crippen LogP contribution in [0.4, 0.5) is 4.39 Å². The zero-order valence-electron chi connectivity index (χ0n) is 8.95. The molecule has 86 valence electrons. The van der Waals surface area contributed by atoms with E-state index in [0.717, 1.165) is 32.4 Å². The molecule has 2 heterocycles. The first-order valence-electron chi connectivity index (χ1n) is 5.33. The third kappa shape index (κ3) is 2.62. The molecule has 0 aromatic carbocycles. The maximum Gasteiger partial charge on any atom is 0.179 e. The van der Waals surface area contributed by atoms with Gasteiger partial charge < -0.3 is 5.32 Å². The van der Waals surface area contributed by atoms with E-state index < -0.39 is 5.82 Å². The maximum absolute atomic E-state index is 13.3. The lowest BCUT2D eigenvalue weighted by molar-refractivity contribution is 0.0917. The van der Waals surface area contributed by atoms with Gasteiger partial charge in [0.25, 0.3) is 0 Å². The molecule has 0 amide bonds. The topological polar surface area (TPSA) is 45.2 Å². The van der Waals surface area contributed by atoms with Crippen molar-refractivity contribution in [2.45, 2.75) is 0 Å². The van der Waals surface area contributed by atoms with Crippen molar-refractivity contribution >= 4 is 5.78 Å². The van der Waals surface area contributed by atoms with Crippen molar-refractivity contribution in [2.75, 3.05) is 32.7 Å². The van der Waals surface area contributed by atoms with Crippen molar-refractivity contribution in [3.8, 4) is 0 Å².